The fraction of sp³-hybridized carbons (Fsp3) is 0.462. The van der Waals surface area contributed by atoms with Crippen molar-refractivity contribution in [1.29, 1.82) is 0 Å². The van der Waals surface area contributed by atoms with E-state index in [0.717, 1.165) is 35.7 Å². The normalized spacial score (nSPS) is 19.2. The van der Waals surface area contributed by atoms with Crippen molar-refractivity contribution in [2.45, 2.75) is 12.8 Å². The van der Waals surface area contributed by atoms with Crippen molar-refractivity contribution < 1.29 is 9.90 Å². The van der Waals surface area contributed by atoms with Gasteiger partial charge in [0, 0.05) is 22.9 Å². The Balaban J connectivity index is 2.08. The zero-order chi connectivity index (χ0) is 13.1. The molecule has 0 saturated carbocycles. The summed E-state index contributed by atoms with van der Waals surface area (Å²) in [4.78, 5) is 14.1. The van der Waals surface area contributed by atoms with E-state index in [1.165, 1.54) is 0 Å². The minimum Gasteiger partial charge on any atom is -0.507 e. The number of carbonyl (C=O) groups is 1. The number of hydrogen-bond donors (Lipinski definition) is 1. The third-order valence-corrected chi connectivity index (χ3v) is 4.23. The number of carbonyl (C=O) groups excluding carboxylic acids is 1. The summed E-state index contributed by atoms with van der Waals surface area (Å²) in [5.74, 6) is 0.543. The van der Waals surface area contributed by atoms with E-state index in [0.29, 0.717) is 11.5 Å². The Morgan fingerprint density at radius 1 is 1.50 bits per heavy atom. The lowest BCUT2D eigenvalue weighted by Gasteiger charge is -2.17. The molecule has 1 saturated heterocycles. The maximum Gasteiger partial charge on any atom is 0.257 e. The fourth-order valence-corrected chi connectivity index (χ4v) is 3.26. The maximum atomic E-state index is 12.3. The first-order valence-corrected chi connectivity index (χ1v) is 7.87. The van der Waals surface area contributed by atoms with Crippen molar-refractivity contribution in [2.75, 3.05) is 18.4 Å². The predicted octanol–water partition coefficient (Wildman–Crippen LogP) is 3.40. The molecule has 2 rings (SSSR count). The third-order valence-electron chi connectivity index (χ3n) is 3.28. The number of amides is 1. The van der Waals surface area contributed by atoms with Crippen molar-refractivity contribution in [3.63, 3.8) is 0 Å². The second-order valence-corrected chi connectivity index (χ2v) is 6.25. The van der Waals surface area contributed by atoms with Crippen molar-refractivity contribution in [3.05, 3.63) is 28.2 Å². The Morgan fingerprint density at radius 2 is 2.28 bits per heavy atom. The Bertz CT molecular complexity index is 451. The average molecular weight is 377 g/mol. The molecule has 0 aliphatic carbocycles. The van der Waals surface area contributed by atoms with Crippen LogP contribution in [-0.2, 0) is 0 Å². The van der Waals surface area contributed by atoms with Crippen LogP contribution in [0.4, 0.5) is 0 Å². The zero-order valence-electron chi connectivity index (χ0n) is 9.90. The van der Waals surface area contributed by atoms with Crippen LogP contribution < -0.4 is 0 Å². The van der Waals surface area contributed by atoms with Crippen LogP contribution >= 0.6 is 31.9 Å². The van der Waals surface area contributed by atoms with E-state index in [-0.39, 0.29) is 11.7 Å². The molecule has 0 spiro atoms. The van der Waals surface area contributed by atoms with Crippen LogP contribution in [0.2, 0.25) is 0 Å². The Hall–Kier alpha value is -0.550. The molecule has 1 aromatic rings. The van der Waals surface area contributed by atoms with Crippen molar-refractivity contribution >= 4 is 37.8 Å². The second-order valence-electron chi connectivity index (χ2n) is 4.54. The Morgan fingerprint density at radius 3 is 2.94 bits per heavy atom. The highest BCUT2D eigenvalue weighted by molar-refractivity contribution is 9.10. The van der Waals surface area contributed by atoms with Gasteiger partial charge in [0.25, 0.3) is 5.91 Å². The number of nitrogens with zero attached hydrogens (tertiary/aromatic N) is 1. The third kappa shape index (κ3) is 3.06. The van der Waals surface area contributed by atoms with E-state index >= 15 is 0 Å². The van der Waals surface area contributed by atoms with E-state index in [9.17, 15) is 9.90 Å². The number of rotatable bonds is 3. The van der Waals surface area contributed by atoms with Gasteiger partial charge in [0.2, 0.25) is 0 Å². The Kier molecular flexibility index (Phi) is 4.67. The van der Waals surface area contributed by atoms with E-state index < -0.39 is 0 Å². The standard InChI is InChI=1S/C13H15Br2NO2/c14-5-3-9-4-6-16(8-9)13(18)11-2-1-10(15)7-12(11)17/h1-2,7,9,17H,3-6,8H2. The summed E-state index contributed by atoms with van der Waals surface area (Å²) in [5, 5.41) is 10.8. The lowest BCUT2D eigenvalue weighted by atomic mass is 10.1. The monoisotopic (exact) mass is 375 g/mol. The van der Waals surface area contributed by atoms with Gasteiger partial charge in [-0.05, 0) is 37.0 Å². The smallest absolute Gasteiger partial charge is 0.257 e. The topological polar surface area (TPSA) is 40.5 Å². The number of hydrogen-bond acceptors (Lipinski definition) is 2. The molecule has 18 heavy (non-hydrogen) atoms. The molecule has 1 heterocycles. The van der Waals surface area contributed by atoms with Gasteiger partial charge in [-0.15, -0.1) is 0 Å². The first-order chi connectivity index (χ1) is 8.61. The van der Waals surface area contributed by atoms with E-state index in [1.807, 2.05) is 4.90 Å². The van der Waals surface area contributed by atoms with Gasteiger partial charge >= 0.3 is 0 Å². The first-order valence-electron chi connectivity index (χ1n) is 5.95. The summed E-state index contributed by atoms with van der Waals surface area (Å²) in [6.07, 6.45) is 2.14. The van der Waals surface area contributed by atoms with Crippen LogP contribution in [0.5, 0.6) is 5.75 Å². The number of alkyl halides is 1. The molecule has 1 fully saturated rings. The molecule has 1 amide bonds. The van der Waals surface area contributed by atoms with E-state index in [4.69, 9.17) is 0 Å². The maximum absolute atomic E-state index is 12.3. The van der Waals surface area contributed by atoms with Crippen LogP contribution in [0.1, 0.15) is 23.2 Å². The molecule has 0 bridgehead atoms. The van der Waals surface area contributed by atoms with Crippen molar-refractivity contribution in [2.24, 2.45) is 5.92 Å². The molecular formula is C13H15Br2NO2. The predicted molar refractivity (Wildman–Crippen MR) is 78.2 cm³/mol. The number of aromatic hydroxyl groups is 1. The lowest BCUT2D eigenvalue weighted by molar-refractivity contribution is 0.0784. The van der Waals surface area contributed by atoms with Crippen LogP contribution in [-0.4, -0.2) is 34.3 Å². The minimum absolute atomic E-state index is 0.0401. The SMILES string of the molecule is O=C(c1ccc(Br)cc1O)N1CCC(CCBr)C1. The molecule has 98 valence electrons. The van der Waals surface area contributed by atoms with Crippen LogP contribution in [0.15, 0.2) is 22.7 Å². The second kappa shape index (κ2) is 6.06. The number of phenols is 1. The summed E-state index contributed by atoms with van der Waals surface area (Å²) >= 11 is 6.70. The summed E-state index contributed by atoms with van der Waals surface area (Å²) in [7, 11) is 0. The van der Waals surface area contributed by atoms with Crippen molar-refractivity contribution in [1.82, 2.24) is 4.90 Å². The average Bonchev–Trinajstić information content (AvgIpc) is 2.77. The molecule has 1 aliphatic heterocycles. The molecule has 3 nitrogen and oxygen atoms in total. The highest BCUT2D eigenvalue weighted by atomic mass is 79.9. The van der Waals surface area contributed by atoms with Gasteiger partial charge < -0.3 is 10.0 Å². The Labute approximate surface area is 123 Å². The van der Waals surface area contributed by atoms with Gasteiger partial charge in [-0.25, -0.2) is 0 Å². The largest absolute Gasteiger partial charge is 0.507 e. The molecule has 0 radical (unpaired) electrons. The van der Waals surface area contributed by atoms with E-state index in [2.05, 4.69) is 31.9 Å². The van der Waals surface area contributed by atoms with Gasteiger partial charge in [-0.1, -0.05) is 31.9 Å². The van der Waals surface area contributed by atoms with Gasteiger partial charge in [-0.3, -0.25) is 4.79 Å². The van der Waals surface area contributed by atoms with E-state index in [1.54, 1.807) is 18.2 Å². The summed E-state index contributed by atoms with van der Waals surface area (Å²) in [6.45, 7) is 1.58. The molecule has 1 N–H and O–H groups in total. The van der Waals surface area contributed by atoms with Crippen LogP contribution in [0.25, 0.3) is 0 Å². The highest BCUT2D eigenvalue weighted by Gasteiger charge is 2.27. The zero-order valence-corrected chi connectivity index (χ0v) is 13.1. The number of benzene rings is 1. The molecule has 1 atom stereocenters. The lowest BCUT2D eigenvalue weighted by Crippen LogP contribution is -2.28. The first kappa shape index (κ1) is 13.9. The molecule has 1 aliphatic rings. The van der Waals surface area contributed by atoms with Gasteiger partial charge in [0.1, 0.15) is 5.75 Å². The molecule has 1 aromatic carbocycles. The quantitative estimate of drug-likeness (QED) is 0.821. The molecular weight excluding hydrogens is 362 g/mol. The number of phenolic OH excluding ortho intramolecular Hbond substituents is 1. The number of likely N-dealkylation sites (tertiary alicyclic amines) is 1. The molecule has 5 heteroatoms. The van der Waals surface area contributed by atoms with Gasteiger partial charge in [0.05, 0.1) is 5.56 Å². The van der Waals surface area contributed by atoms with Gasteiger partial charge in [0.15, 0.2) is 0 Å². The molecule has 1 unspecified atom stereocenters. The highest BCUT2D eigenvalue weighted by Crippen LogP contribution is 2.27. The van der Waals surface area contributed by atoms with Gasteiger partial charge in [-0.2, -0.15) is 0 Å². The minimum atomic E-state index is -0.0722. The van der Waals surface area contributed by atoms with Crippen LogP contribution in [0.3, 0.4) is 0 Å². The number of halogens is 2. The summed E-state index contributed by atoms with van der Waals surface area (Å²) < 4.78 is 0.773. The summed E-state index contributed by atoms with van der Waals surface area (Å²) in [6, 6.07) is 5.00. The summed E-state index contributed by atoms with van der Waals surface area (Å²) in [5.41, 5.74) is 0.387. The molecule has 0 aromatic heterocycles. The fourth-order valence-electron chi connectivity index (χ4n) is 2.26. The van der Waals surface area contributed by atoms with Crippen molar-refractivity contribution in [3.8, 4) is 5.75 Å². The van der Waals surface area contributed by atoms with Crippen LogP contribution in [0, 0.1) is 5.92 Å².